The van der Waals surface area contributed by atoms with Crippen LogP contribution in [-0.4, -0.2) is 30.2 Å². The van der Waals surface area contributed by atoms with E-state index in [0.29, 0.717) is 0 Å². The summed E-state index contributed by atoms with van der Waals surface area (Å²) in [4.78, 5) is 22.5. The third kappa shape index (κ3) is 5.10. The Bertz CT molecular complexity index is 624. The number of hydrogen-bond donors (Lipinski definition) is 1. The fourth-order valence-electron chi connectivity index (χ4n) is 2.16. The van der Waals surface area contributed by atoms with Crippen LogP contribution in [-0.2, 0) is 0 Å². The van der Waals surface area contributed by atoms with Gasteiger partial charge in [-0.2, -0.15) is 13.2 Å². The molecule has 1 atom stereocenters. The number of carbonyl (C=O) groups excluding carboxylic acids is 1. The van der Waals surface area contributed by atoms with Gasteiger partial charge < -0.3 is 10.1 Å². The molecule has 0 aliphatic carbocycles. The Kier molecular flexibility index (Phi) is 5.80. The number of nitro groups is 1. The van der Waals surface area contributed by atoms with E-state index in [4.69, 9.17) is 4.74 Å². The number of methoxy groups -OCH3 is 1. The number of para-hydroxylation sites is 1. The molecule has 134 valence electrons. The van der Waals surface area contributed by atoms with Gasteiger partial charge in [0, 0.05) is 0 Å². The summed E-state index contributed by atoms with van der Waals surface area (Å²) in [5.74, 6) is -1.38. The van der Waals surface area contributed by atoms with E-state index in [-0.39, 0.29) is 12.2 Å². The first-order valence-corrected chi connectivity index (χ1v) is 7.06. The van der Waals surface area contributed by atoms with Crippen molar-refractivity contribution in [1.29, 1.82) is 0 Å². The second-order valence-electron chi connectivity index (χ2n) is 6.45. The number of nitrogens with one attached hydrogen (secondary N) is 1. The van der Waals surface area contributed by atoms with Crippen LogP contribution in [0.25, 0.3) is 0 Å². The van der Waals surface area contributed by atoms with Crippen LogP contribution >= 0.6 is 0 Å². The van der Waals surface area contributed by atoms with Gasteiger partial charge in [0.15, 0.2) is 5.75 Å². The van der Waals surface area contributed by atoms with Crippen molar-refractivity contribution in [3.05, 3.63) is 33.9 Å². The number of hydrogen-bond acceptors (Lipinski definition) is 4. The van der Waals surface area contributed by atoms with Crippen molar-refractivity contribution in [2.24, 2.45) is 5.41 Å². The minimum atomic E-state index is -4.67. The zero-order valence-corrected chi connectivity index (χ0v) is 13.7. The molecule has 1 aromatic rings. The molecule has 1 unspecified atom stereocenters. The molecular formula is C15H19F3N2O4. The third-order valence-electron chi connectivity index (χ3n) is 3.16. The van der Waals surface area contributed by atoms with Crippen LogP contribution in [0.5, 0.6) is 5.75 Å². The Labute approximate surface area is 137 Å². The summed E-state index contributed by atoms with van der Waals surface area (Å²) < 4.78 is 44.3. The predicted octanol–water partition coefficient (Wildman–Crippen LogP) is 3.70. The molecule has 0 fully saturated rings. The first-order valence-electron chi connectivity index (χ1n) is 7.06. The van der Waals surface area contributed by atoms with Crippen LogP contribution < -0.4 is 10.1 Å². The van der Waals surface area contributed by atoms with Crippen LogP contribution in [0.4, 0.5) is 18.9 Å². The molecule has 0 radical (unpaired) electrons. The second kappa shape index (κ2) is 7.06. The van der Waals surface area contributed by atoms with Gasteiger partial charge in [0.05, 0.1) is 12.0 Å². The van der Waals surface area contributed by atoms with Crippen molar-refractivity contribution in [1.82, 2.24) is 5.32 Å². The molecule has 6 nitrogen and oxygen atoms in total. The van der Waals surface area contributed by atoms with Crippen molar-refractivity contribution in [2.45, 2.75) is 39.4 Å². The molecule has 24 heavy (non-hydrogen) atoms. The molecule has 9 heteroatoms. The van der Waals surface area contributed by atoms with Gasteiger partial charge in [-0.25, -0.2) is 0 Å². The van der Waals surface area contributed by atoms with Gasteiger partial charge in [-0.1, -0.05) is 26.8 Å². The number of benzene rings is 1. The summed E-state index contributed by atoms with van der Waals surface area (Å²) in [7, 11) is 1.17. The highest BCUT2D eigenvalue weighted by Gasteiger charge is 2.43. The molecule has 0 aliphatic rings. The monoisotopic (exact) mass is 348 g/mol. The second-order valence-corrected chi connectivity index (χ2v) is 6.45. The summed E-state index contributed by atoms with van der Waals surface area (Å²) in [6, 6.07) is 1.52. The Balaban J connectivity index is 3.20. The molecule has 0 spiro atoms. The van der Waals surface area contributed by atoms with E-state index in [0.717, 1.165) is 6.07 Å². The lowest BCUT2D eigenvalue weighted by Crippen LogP contribution is -2.47. The Morgan fingerprint density at radius 1 is 1.33 bits per heavy atom. The van der Waals surface area contributed by atoms with Crippen LogP contribution in [0.2, 0.25) is 0 Å². The maximum absolute atomic E-state index is 13.2. The SMILES string of the molecule is COc1cccc(C(=O)NC(CC(C)(C)C)C(F)(F)F)c1[N+](=O)[O-]. The van der Waals surface area contributed by atoms with Gasteiger partial charge in [0.25, 0.3) is 5.91 Å². The van der Waals surface area contributed by atoms with Crippen LogP contribution in [0.1, 0.15) is 37.6 Å². The maximum Gasteiger partial charge on any atom is 0.408 e. The van der Waals surface area contributed by atoms with Gasteiger partial charge in [-0.3, -0.25) is 14.9 Å². The normalized spacial score (nSPS) is 13.3. The van der Waals surface area contributed by atoms with Gasteiger partial charge in [0.1, 0.15) is 11.6 Å². The van der Waals surface area contributed by atoms with Crippen molar-refractivity contribution in [3.8, 4) is 5.75 Å². The van der Waals surface area contributed by atoms with E-state index in [1.807, 2.05) is 5.32 Å². The fourth-order valence-corrected chi connectivity index (χ4v) is 2.16. The third-order valence-corrected chi connectivity index (χ3v) is 3.16. The largest absolute Gasteiger partial charge is 0.490 e. The Morgan fingerprint density at radius 3 is 2.33 bits per heavy atom. The van der Waals surface area contributed by atoms with Crippen LogP contribution in [0.3, 0.4) is 0 Å². The van der Waals surface area contributed by atoms with Gasteiger partial charge in [-0.05, 0) is 24.0 Å². The summed E-state index contributed by atoms with van der Waals surface area (Å²) in [5, 5.41) is 13.0. The lowest BCUT2D eigenvalue weighted by atomic mass is 9.87. The number of alkyl halides is 3. The Morgan fingerprint density at radius 2 is 1.92 bits per heavy atom. The summed E-state index contributed by atoms with van der Waals surface area (Å²) in [6.45, 7) is 4.81. The quantitative estimate of drug-likeness (QED) is 0.650. The minimum absolute atomic E-state index is 0.202. The van der Waals surface area contributed by atoms with E-state index in [2.05, 4.69) is 0 Å². The summed E-state index contributed by atoms with van der Waals surface area (Å²) in [5.41, 5.74) is -1.86. The average Bonchev–Trinajstić information content (AvgIpc) is 2.42. The van der Waals surface area contributed by atoms with Crippen molar-refractivity contribution >= 4 is 11.6 Å². The van der Waals surface area contributed by atoms with Crippen LogP contribution in [0, 0.1) is 15.5 Å². The number of halogens is 3. The number of nitro benzene ring substituents is 1. The van der Waals surface area contributed by atoms with Crippen molar-refractivity contribution in [3.63, 3.8) is 0 Å². The topological polar surface area (TPSA) is 81.5 Å². The zero-order valence-electron chi connectivity index (χ0n) is 13.7. The standard InChI is InChI=1S/C15H19F3N2O4/c1-14(2,3)8-11(15(16,17)18)19-13(21)9-6-5-7-10(24-4)12(9)20(22)23/h5-7,11H,8H2,1-4H3,(H,19,21). The van der Waals surface area contributed by atoms with Crippen molar-refractivity contribution < 1.29 is 27.6 Å². The average molecular weight is 348 g/mol. The predicted molar refractivity (Wildman–Crippen MR) is 81.0 cm³/mol. The molecule has 1 aromatic carbocycles. The number of rotatable bonds is 5. The number of amides is 1. The minimum Gasteiger partial charge on any atom is -0.490 e. The number of ether oxygens (including phenoxy) is 1. The molecule has 0 aliphatic heterocycles. The highest BCUT2D eigenvalue weighted by Crippen LogP contribution is 2.33. The van der Waals surface area contributed by atoms with Gasteiger partial charge in [0.2, 0.25) is 0 Å². The highest BCUT2D eigenvalue weighted by molar-refractivity contribution is 5.99. The molecule has 1 N–H and O–H groups in total. The zero-order chi connectivity index (χ0) is 18.7. The molecule has 0 heterocycles. The highest BCUT2D eigenvalue weighted by atomic mass is 19.4. The van der Waals surface area contributed by atoms with E-state index < -0.39 is 39.7 Å². The van der Waals surface area contributed by atoms with Gasteiger partial charge >= 0.3 is 11.9 Å². The first-order chi connectivity index (χ1) is 10.9. The number of nitrogens with zero attached hydrogens (tertiary/aromatic N) is 1. The maximum atomic E-state index is 13.2. The van der Waals surface area contributed by atoms with E-state index >= 15 is 0 Å². The molecule has 1 rings (SSSR count). The van der Waals surface area contributed by atoms with E-state index in [9.17, 15) is 28.1 Å². The molecule has 0 saturated heterocycles. The molecule has 0 bridgehead atoms. The lowest BCUT2D eigenvalue weighted by Gasteiger charge is -2.28. The summed E-state index contributed by atoms with van der Waals surface area (Å²) >= 11 is 0. The molecule has 0 aromatic heterocycles. The van der Waals surface area contributed by atoms with E-state index in [1.165, 1.54) is 19.2 Å². The fraction of sp³-hybridized carbons (Fsp3) is 0.533. The van der Waals surface area contributed by atoms with Crippen LogP contribution in [0.15, 0.2) is 18.2 Å². The Hall–Kier alpha value is -2.32. The first kappa shape index (κ1) is 19.7. The molecule has 0 saturated carbocycles. The van der Waals surface area contributed by atoms with Gasteiger partial charge in [-0.15, -0.1) is 0 Å². The molecule has 1 amide bonds. The number of carbonyl (C=O) groups is 1. The lowest BCUT2D eigenvalue weighted by molar-refractivity contribution is -0.386. The smallest absolute Gasteiger partial charge is 0.408 e. The molecular weight excluding hydrogens is 329 g/mol. The summed E-state index contributed by atoms with van der Waals surface area (Å²) in [6.07, 6.45) is -5.03. The van der Waals surface area contributed by atoms with E-state index in [1.54, 1.807) is 20.8 Å². The van der Waals surface area contributed by atoms with Crippen molar-refractivity contribution in [2.75, 3.05) is 7.11 Å².